The van der Waals surface area contributed by atoms with E-state index in [4.69, 9.17) is 5.11 Å². The third-order valence-corrected chi connectivity index (χ3v) is 3.73. The lowest BCUT2D eigenvalue weighted by atomic mass is 10.1. The fourth-order valence-corrected chi connectivity index (χ4v) is 2.74. The van der Waals surface area contributed by atoms with Crippen LogP contribution in [0.1, 0.15) is 29.7 Å². The van der Waals surface area contributed by atoms with E-state index in [1.165, 1.54) is 0 Å². The summed E-state index contributed by atoms with van der Waals surface area (Å²) in [6.07, 6.45) is 1.95. The molecule has 1 aromatic rings. The van der Waals surface area contributed by atoms with Crippen molar-refractivity contribution in [3.8, 4) is 0 Å². The number of anilines is 1. The van der Waals surface area contributed by atoms with Gasteiger partial charge in [0.15, 0.2) is 0 Å². The number of aliphatic hydroxyl groups is 2. The maximum Gasteiger partial charge on any atom is 0.134 e. The molecule has 0 saturated carbocycles. The van der Waals surface area contributed by atoms with Crippen molar-refractivity contribution in [2.24, 2.45) is 5.92 Å². The summed E-state index contributed by atoms with van der Waals surface area (Å²) < 4.78 is 0. The second kappa shape index (κ2) is 5.67. The Bertz CT molecular complexity index is 421. The van der Waals surface area contributed by atoms with Crippen LogP contribution in [0.3, 0.4) is 0 Å². The Morgan fingerprint density at radius 1 is 1.39 bits per heavy atom. The number of rotatable bonds is 4. The molecule has 0 amide bonds. The quantitative estimate of drug-likeness (QED) is 0.848. The Kier molecular flexibility index (Phi) is 4.19. The number of aliphatic hydroxyl groups excluding tert-OH is 2. The molecular weight excluding hydrogens is 228 g/mol. The standard InChI is InChI=1S/C14H22N2O2/c1-10-7-11(2)15-14(13(10)9-18)16-5-3-12(8-16)4-6-17/h7,12,17-18H,3-6,8-9H2,1-2H3. The predicted octanol–water partition coefficient (Wildman–Crippen LogP) is 1.40. The van der Waals surface area contributed by atoms with E-state index in [1.54, 1.807) is 0 Å². The van der Waals surface area contributed by atoms with Crippen LogP contribution in [-0.2, 0) is 6.61 Å². The largest absolute Gasteiger partial charge is 0.396 e. The van der Waals surface area contributed by atoms with E-state index < -0.39 is 0 Å². The molecule has 0 aromatic carbocycles. The zero-order valence-electron chi connectivity index (χ0n) is 11.2. The summed E-state index contributed by atoms with van der Waals surface area (Å²) in [5, 5.41) is 18.5. The highest BCUT2D eigenvalue weighted by molar-refractivity contribution is 5.52. The van der Waals surface area contributed by atoms with E-state index in [-0.39, 0.29) is 13.2 Å². The van der Waals surface area contributed by atoms with Gasteiger partial charge in [0.25, 0.3) is 0 Å². The van der Waals surface area contributed by atoms with Crippen molar-refractivity contribution < 1.29 is 10.2 Å². The molecule has 1 aromatic heterocycles. The Hall–Kier alpha value is -1.13. The van der Waals surface area contributed by atoms with Crippen molar-refractivity contribution in [3.05, 3.63) is 22.9 Å². The minimum atomic E-state index is 0.0373. The van der Waals surface area contributed by atoms with Crippen LogP contribution in [0.4, 0.5) is 5.82 Å². The molecule has 0 spiro atoms. The molecule has 2 N–H and O–H groups in total. The average molecular weight is 250 g/mol. The maximum absolute atomic E-state index is 9.51. The number of hydrogen-bond donors (Lipinski definition) is 2. The minimum absolute atomic E-state index is 0.0373. The number of aromatic nitrogens is 1. The molecule has 0 radical (unpaired) electrons. The van der Waals surface area contributed by atoms with Crippen molar-refractivity contribution in [3.63, 3.8) is 0 Å². The molecule has 1 aliphatic rings. The second-order valence-electron chi connectivity index (χ2n) is 5.15. The lowest BCUT2D eigenvalue weighted by Crippen LogP contribution is -2.23. The average Bonchev–Trinajstić information content (AvgIpc) is 2.77. The van der Waals surface area contributed by atoms with Crippen LogP contribution in [0.2, 0.25) is 0 Å². The van der Waals surface area contributed by atoms with Gasteiger partial charge in [-0.25, -0.2) is 4.98 Å². The Morgan fingerprint density at radius 3 is 2.83 bits per heavy atom. The summed E-state index contributed by atoms with van der Waals surface area (Å²) in [6.45, 7) is 6.20. The van der Waals surface area contributed by atoms with E-state index in [1.807, 2.05) is 19.9 Å². The first-order chi connectivity index (χ1) is 8.65. The van der Waals surface area contributed by atoms with Gasteiger partial charge in [0, 0.05) is 31.0 Å². The first-order valence-corrected chi connectivity index (χ1v) is 6.59. The van der Waals surface area contributed by atoms with Crippen molar-refractivity contribution in [2.75, 3.05) is 24.6 Å². The van der Waals surface area contributed by atoms with Gasteiger partial charge in [-0.3, -0.25) is 0 Å². The summed E-state index contributed by atoms with van der Waals surface area (Å²) in [5.41, 5.74) is 3.03. The molecule has 0 aliphatic carbocycles. The van der Waals surface area contributed by atoms with Crippen LogP contribution in [0.15, 0.2) is 6.07 Å². The number of aryl methyl sites for hydroxylation is 2. The van der Waals surface area contributed by atoms with Gasteiger partial charge in [-0.1, -0.05) is 0 Å². The third kappa shape index (κ3) is 2.65. The molecular formula is C14H22N2O2. The van der Waals surface area contributed by atoms with Crippen LogP contribution in [0.5, 0.6) is 0 Å². The highest BCUT2D eigenvalue weighted by atomic mass is 16.3. The van der Waals surface area contributed by atoms with Gasteiger partial charge in [-0.05, 0) is 44.2 Å². The normalized spacial score (nSPS) is 19.6. The Morgan fingerprint density at radius 2 is 2.17 bits per heavy atom. The Labute approximate surface area is 108 Å². The fraction of sp³-hybridized carbons (Fsp3) is 0.643. The van der Waals surface area contributed by atoms with Crippen LogP contribution in [-0.4, -0.2) is 34.9 Å². The third-order valence-electron chi connectivity index (χ3n) is 3.73. The zero-order chi connectivity index (χ0) is 13.1. The fourth-order valence-electron chi connectivity index (χ4n) is 2.74. The lowest BCUT2D eigenvalue weighted by Gasteiger charge is -2.22. The molecule has 2 rings (SSSR count). The number of nitrogens with zero attached hydrogens (tertiary/aromatic N) is 2. The monoisotopic (exact) mass is 250 g/mol. The maximum atomic E-state index is 9.51. The van der Waals surface area contributed by atoms with Crippen molar-refractivity contribution in [1.29, 1.82) is 0 Å². The van der Waals surface area contributed by atoms with Gasteiger partial charge in [-0.15, -0.1) is 0 Å². The Balaban J connectivity index is 2.23. The van der Waals surface area contributed by atoms with Crippen LogP contribution < -0.4 is 4.90 Å². The van der Waals surface area contributed by atoms with Gasteiger partial charge in [0.2, 0.25) is 0 Å². The van der Waals surface area contributed by atoms with Gasteiger partial charge in [0.05, 0.1) is 6.61 Å². The summed E-state index contributed by atoms with van der Waals surface area (Å²) in [7, 11) is 0. The predicted molar refractivity (Wildman–Crippen MR) is 71.7 cm³/mol. The van der Waals surface area contributed by atoms with Crippen molar-refractivity contribution in [2.45, 2.75) is 33.3 Å². The molecule has 1 unspecified atom stereocenters. The lowest BCUT2D eigenvalue weighted by molar-refractivity contribution is 0.263. The molecule has 1 aliphatic heterocycles. The molecule has 4 heteroatoms. The van der Waals surface area contributed by atoms with E-state index >= 15 is 0 Å². The molecule has 1 saturated heterocycles. The molecule has 18 heavy (non-hydrogen) atoms. The number of hydrogen-bond acceptors (Lipinski definition) is 4. The topological polar surface area (TPSA) is 56.6 Å². The van der Waals surface area contributed by atoms with E-state index in [0.29, 0.717) is 5.92 Å². The molecule has 1 fully saturated rings. The van der Waals surface area contributed by atoms with Crippen molar-refractivity contribution in [1.82, 2.24) is 4.98 Å². The smallest absolute Gasteiger partial charge is 0.134 e. The highest BCUT2D eigenvalue weighted by Crippen LogP contribution is 2.29. The van der Waals surface area contributed by atoms with Gasteiger partial charge < -0.3 is 15.1 Å². The molecule has 100 valence electrons. The first kappa shape index (κ1) is 13.3. The van der Waals surface area contributed by atoms with E-state index in [2.05, 4.69) is 9.88 Å². The van der Waals surface area contributed by atoms with E-state index in [9.17, 15) is 5.11 Å². The van der Waals surface area contributed by atoms with E-state index in [0.717, 1.165) is 48.6 Å². The molecule has 0 bridgehead atoms. The van der Waals surface area contributed by atoms with Gasteiger partial charge >= 0.3 is 0 Å². The number of pyridine rings is 1. The SMILES string of the molecule is Cc1cc(C)c(CO)c(N2CCC(CCO)C2)n1. The van der Waals surface area contributed by atoms with Crippen LogP contribution in [0, 0.1) is 19.8 Å². The second-order valence-corrected chi connectivity index (χ2v) is 5.15. The molecule has 4 nitrogen and oxygen atoms in total. The van der Waals surface area contributed by atoms with Gasteiger partial charge in [-0.2, -0.15) is 0 Å². The van der Waals surface area contributed by atoms with Gasteiger partial charge in [0.1, 0.15) is 5.82 Å². The van der Waals surface area contributed by atoms with Crippen LogP contribution in [0.25, 0.3) is 0 Å². The molecule has 2 heterocycles. The minimum Gasteiger partial charge on any atom is -0.396 e. The first-order valence-electron chi connectivity index (χ1n) is 6.59. The zero-order valence-corrected chi connectivity index (χ0v) is 11.2. The van der Waals surface area contributed by atoms with Crippen molar-refractivity contribution >= 4 is 5.82 Å². The highest BCUT2D eigenvalue weighted by Gasteiger charge is 2.25. The summed E-state index contributed by atoms with van der Waals surface area (Å²) in [6, 6.07) is 2.01. The summed E-state index contributed by atoms with van der Waals surface area (Å²) in [4.78, 5) is 6.83. The van der Waals surface area contributed by atoms with Crippen LogP contribution >= 0.6 is 0 Å². The summed E-state index contributed by atoms with van der Waals surface area (Å²) >= 11 is 0. The summed E-state index contributed by atoms with van der Waals surface area (Å²) in [5.74, 6) is 1.47. The molecule has 1 atom stereocenters.